The van der Waals surface area contributed by atoms with E-state index in [4.69, 9.17) is 0 Å². The number of benzene rings is 2. The molecule has 2 aromatic rings. The largest absolute Gasteiger partial charge is 0.316 e. The van der Waals surface area contributed by atoms with Crippen molar-refractivity contribution in [1.29, 1.82) is 0 Å². The first kappa shape index (κ1) is 21.1. The van der Waals surface area contributed by atoms with Gasteiger partial charge in [-0.15, -0.1) is 0 Å². The molecule has 5 nitrogen and oxygen atoms in total. The van der Waals surface area contributed by atoms with Crippen molar-refractivity contribution in [2.75, 3.05) is 16.4 Å². The number of aliphatic imine (C=N–C) groups is 1. The summed E-state index contributed by atoms with van der Waals surface area (Å²) in [5.41, 5.74) is 4.18. The summed E-state index contributed by atoms with van der Waals surface area (Å²) in [4.78, 5) is 19.0. The van der Waals surface area contributed by atoms with Crippen LogP contribution in [-0.2, 0) is 21.1 Å². The summed E-state index contributed by atoms with van der Waals surface area (Å²) in [6.45, 7) is 6.28. The number of carbonyl (C=O) groups is 1. The average molecular weight is 443 g/mol. The summed E-state index contributed by atoms with van der Waals surface area (Å²) < 4.78 is 24.4. The number of sulfone groups is 1. The van der Waals surface area contributed by atoms with Gasteiger partial charge in [0.1, 0.15) is 0 Å². The lowest BCUT2D eigenvalue weighted by Crippen LogP contribution is -2.37. The Morgan fingerprint density at radius 1 is 1.10 bits per heavy atom. The van der Waals surface area contributed by atoms with E-state index in [-0.39, 0.29) is 35.1 Å². The van der Waals surface area contributed by atoms with Crippen molar-refractivity contribution in [2.24, 2.45) is 4.99 Å². The molecule has 4 rings (SSSR count). The molecule has 2 saturated heterocycles. The first-order valence-corrected chi connectivity index (χ1v) is 12.9. The Bertz CT molecular complexity index is 1070. The first-order chi connectivity index (χ1) is 14.2. The number of hydrogen-bond acceptors (Lipinski definition) is 4. The van der Waals surface area contributed by atoms with E-state index in [1.54, 1.807) is 0 Å². The summed E-state index contributed by atoms with van der Waals surface area (Å²) in [6, 6.07) is 15.8. The fraction of sp³-hybridized carbons (Fsp3) is 0.391. The van der Waals surface area contributed by atoms with Crippen LogP contribution in [0, 0.1) is 6.92 Å². The number of fused-ring (bicyclic) bond motifs is 1. The van der Waals surface area contributed by atoms with Gasteiger partial charge >= 0.3 is 0 Å². The number of carbonyl (C=O) groups excluding carboxylic acids is 1. The Morgan fingerprint density at radius 3 is 2.40 bits per heavy atom. The molecule has 2 aliphatic rings. The van der Waals surface area contributed by atoms with Crippen LogP contribution in [0.2, 0.25) is 0 Å². The monoisotopic (exact) mass is 442 g/mol. The highest BCUT2D eigenvalue weighted by Gasteiger charge is 2.49. The molecular formula is C23H26N2O3S2. The Morgan fingerprint density at radius 2 is 1.77 bits per heavy atom. The fourth-order valence-corrected chi connectivity index (χ4v) is 7.84. The van der Waals surface area contributed by atoms with Crippen molar-refractivity contribution in [3.63, 3.8) is 0 Å². The van der Waals surface area contributed by atoms with Crippen LogP contribution in [0.25, 0.3) is 0 Å². The van der Waals surface area contributed by atoms with Crippen LogP contribution in [0.1, 0.15) is 36.5 Å². The third kappa shape index (κ3) is 4.47. The molecule has 2 aromatic carbocycles. The van der Waals surface area contributed by atoms with E-state index in [0.717, 1.165) is 16.8 Å². The van der Waals surface area contributed by atoms with Crippen molar-refractivity contribution in [1.82, 2.24) is 0 Å². The van der Waals surface area contributed by atoms with Crippen LogP contribution in [0.15, 0.2) is 53.5 Å². The Kier molecular flexibility index (Phi) is 5.77. The summed E-state index contributed by atoms with van der Waals surface area (Å²) in [5.74, 6) is 0.430. The predicted octanol–water partition coefficient (Wildman–Crippen LogP) is 3.96. The molecule has 7 heteroatoms. The molecule has 0 aromatic heterocycles. The molecule has 2 atom stereocenters. The zero-order valence-corrected chi connectivity index (χ0v) is 19.0. The molecule has 30 heavy (non-hydrogen) atoms. The standard InChI is InChI=1S/C23H26N2O3S2/c1-15(2)18-8-10-19(11-9-18)25-20-13-30(27,28)14-21(20)29-23(25)24-22(26)12-17-6-4-16(3)5-7-17/h4-11,15,20-21H,12-14H2,1-3H3/t20-,21+/m1/s1. The molecule has 0 aliphatic carbocycles. The lowest BCUT2D eigenvalue weighted by atomic mass is 10.0. The highest BCUT2D eigenvalue weighted by molar-refractivity contribution is 8.16. The van der Waals surface area contributed by atoms with Crippen molar-refractivity contribution in [2.45, 2.75) is 44.4 Å². The minimum Gasteiger partial charge on any atom is -0.316 e. The second kappa shape index (κ2) is 8.19. The molecule has 0 bridgehead atoms. The van der Waals surface area contributed by atoms with Crippen LogP contribution >= 0.6 is 11.8 Å². The smallest absolute Gasteiger partial charge is 0.252 e. The fourth-order valence-electron chi connectivity index (χ4n) is 3.91. The number of amidine groups is 1. The Balaban J connectivity index is 1.62. The molecule has 0 spiro atoms. The third-order valence-electron chi connectivity index (χ3n) is 5.60. The molecule has 0 radical (unpaired) electrons. The number of amides is 1. The van der Waals surface area contributed by atoms with Crippen molar-refractivity contribution in [3.8, 4) is 0 Å². The molecule has 158 valence electrons. The van der Waals surface area contributed by atoms with Gasteiger partial charge in [0, 0.05) is 10.9 Å². The second-order valence-electron chi connectivity index (χ2n) is 8.37. The Hall–Kier alpha value is -2.12. The van der Waals surface area contributed by atoms with E-state index in [1.807, 2.05) is 48.2 Å². The quantitative estimate of drug-likeness (QED) is 0.717. The van der Waals surface area contributed by atoms with Gasteiger partial charge in [-0.2, -0.15) is 4.99 Å². The minimum absolute atomic E-state index is 0.0919. The summed E-state index contributed by atoms with van der Waals surface area (Å²) in [6.07, 6.45) is 0.234. The van der Waals surface area contributed by atoms with Gasteiger partial charge in [-0.05, 0) is 36.1 Å². The van der Waals surface area contributed by atoms with E-state index in [0.29, 0.717) is 11.1 Å². The van der Waals surface area contributed by atoms with E-state index in [2.05, 4.69) is 31.0 Å². The molecule has 2 heterocycles. The first-order valence-electron chi connectivity index (χ1n) is 10.2. The van der Waals surface area contributed by atoms with Gasteiger partial charge in [-0.3, -0.25) is 4.79 Å². The number of nitrogens with zero attached hydrogens (tertiary/aromatic N) is 2. The van der Waals surface area contributed by atoms with E-state index >= 15 is 0 Å². The normalized spacial score (nSPS) is 23.9. The maximum atomic E-state index is 12.7. The van der Waals surface area contributed by atoms with Crippen molar-refractivity contribution >= 4 is 38.4 Å². The molecule has 2 fully saturated rings. The van der Waals surface area contributed by atoms with Gasteiger partial charge in [0.15, 0.2) is 15.0 Å². The van der Waals surface area contributed by atoms with Crippen LogP contribution in [-0.4, -0.2) is 42.3 Å². The number of thioether (sulfide) groups is 1. The number of rotatable bonds is 4. The third-order valence-corrected chi connectivity index (χ3v) is 8.81. The SMILES string of the molecule is Cc1ccc(CC(=O)N=C2S[C@H]3CS(=O)(=O)C[C@H]3N2c2ccc(C(C)C)cc2)cc1. The molecule has 0 N–H and O–H groups in total. The van der Waals surface area contributed by atoms with Gasteiger partial charge in [0.2, 0.25) is 0 Å². The molecular weight excluding hydrogens is 416 g/mol. The maximum absolute atomic E-state index is 12.7. The van der Waals surface area contributed by atoms with Crippen LogP contribution < -0.4 is 4.90 Å². The van der Waals surface area contributed by atoms with Crippen LogP contribution in [0.4, 0.5) is 5.69 Å². The van der Waals surface area contributed by atoms with Gasteiger partial charge in [-0.1, -0.05) is 67.6 Å². The molecule has 2 aliphatic heterocycles. The Labute approximate surface area is 182 Å². The summed E-state index contributed by atoms with van der Waals surface area (Å²) in [5, 5.41) is 0.514. The maximum Gasteiger partial charge on any atom is 0.252 e. The second-order valence-corrected chi connectivity index (χ2v) is 11.7. The number of hydrogen-bond donors (Lipinski definition) is 0. The lowest BCUT2D eigenvalue weighted by Gasteiger charge is -2.25. The summed E-state index contributed by atoms with van der Waals surface area (Å²) >= 11 is 1.41. The van der Waals surface area contributed by atoms with Crippen molar-refractivity contribution in [3.05, 3.63) is 65.2 Å². The number of anilines is 1. The van der Waals surface area contributed by atoms with Crippen LogP contribution in [0.5, 0.6) is 0 Å². The zero-order chi connectivity index (χ0) is 21.5. The van der Waals surface area contributed by atoms with Gasteiger partial charge in [0.05, 0.1) is 24.0 Å². The molecule has 1 amide bonds. The predicted molar refractivity (Wildman–Crippen MR) is 124 cm³/mol. The van der Waals surface area contributed by atoms with Gasteiger partial charge < -0.3 is 4.90 Å². The van der Waals surface area contributed by atoms with E-state index in [9.17, 15) is 13.2 Å². The highest BCUT2D eigenvalue weighted by Crippen LogP contribution is 2.41. The van der Waals surface area contributed by atoms with Crippen molar-refractivity contribution < 1.29 is 13.2 Å². The van der Waals surface area contributed by atoms with Crippen LogP contribution in [0.3, 0.4) is 0 Å². The molecule has 0 unspecified atom stereocenters. The number of aryl methyl sites for hydroxylation is 1. The van der Waals surface area contributed by atoms with E-state index < -0.39 is 9.84 Å². The summed E-state index contributed by atoms with van der Waals surface area (Å²) in [7, 11) is -3.07. The minimum atomic E-state index is -3.07. The lowest BCUT2D eigenvalue weighted by molar-refractivity contribution is -0.117. The molecule has 0 saturated carbocycles. The van der Waals surface area contributed by atoms with E-state index in [1.165, 1.54) is 17.3 Å². The van der Waals surface area contributed by atoms with Gasteiger partial charge in [-0.25, -0.2) is 8.42 Å². The zero-order valence-electron chi connectivity index (χ0n) is 17.4. The highest BCUT2D eigenvalue weighted by atomic mass is 32.2. The average Bonchev–Trinajstić information content (AvgIpc) is 3.14. The van der Waals surface area contributed by atoms with Gasteiger partial charge in [0.25, 0.3) is 5.91 Å². The topological polar surface area (TPSA) is 66.8 Å².